The maximum atomic E-state index is 17.5. The summed E-state index contributed by atoms with van der Waals surface area (Å²) in [4.78, 5) is 39.2. The van der Waals surface area contributed by atoms with Gasteiger partial charge in [0.05, 0.1) is 6.10 Å². The van der Waals surface area contributed by atoms with Crippen molar-refractivity contribution in [2.24, 2.45) is 40.4 Å². The van der Waals surface area contributed by atoms with Crippen LogP contribution in [-0.2, 0) is 23.9 Å². The Morgan fingerprint density at radius 2 is 1.76 bits per heavy atom. The zero-order valence-electron chi connectivity index (χ0n) is 24.5. The number of hydrogen-bond acceptors (Lipinski definition) is 6. The number of ether oxygens (including phenoxy) is 2. The van der Waals surface area contributed by atoms with Crippen molar-refractivity contribution in [3.63, 3.8) is 0 Å². The Morgan fingerprint density at radius 1 is 1.10 bits per heavy atom. The van der Waals surface area contributed by atoms with Crippen molar-refractivity contribution in [2.45, 2.75) is 109 Å². The Kier molecular flexibility index (Phi) is 7.78. The van der Waals surface area contributed by atoms with E-state index >= 15 is 8.78 Å². The molecule has 0 aliphatic heterocycles. The molecule has 0 saturated heterocycles. The Balaban J connectivity index is 1.50. The second-order valence-corrected chi connectivity index (χ2v) is 13.7. The lowest BCUT2D eigenvalue weighted by Crippen LogP contribution is -2.71. The van der Waals surface area contributed by atoms with Crippen LogP contribution in [-0.4, -0.2) is 53.2 Å². The minimum Gasteiger partial charge on any atom is -0.446 e. The number of rotatable bonds is 6. The lowest BCUT2D eigenvalue weighted by atomic mass is 9.44. The van der Waals surface area contributed by atoms with Gasteiger partial charge in [-0.2, -0.15) is 0 Å². The Hall–Kier alpha value is -2.16. The van der Waals surface area contributed by atoms with Gasteiger partial charge in [-0.3, -0.25) is 9.59 Å². The van der Waals surface area contributed by atoms with E-state index in [4.69, 9.17) is 9.47 Å². The molecule has 228 valence electrons. The number of aliphatic hydroxyl groups excluding tert-OH is 1. The van der Waals surface area contributed by atoms with Crippen LogP contribution >= 0.6 is 0 Å². The van der Waals surface area contributed by atoms with Crippen LogP contribution < -0.4 is 0 Å². The number of alkyl halides is 3. The molecule has 1 N–H and O–H groups in total. The Morgan fingerprint density at radius 3 is 2.39 bits per heavy atom. The van der Waals surface area contributed by atoms with Gasteiger partial charge in [0.25, 0.3) is 0 Å². The average molecular weight is 581 g/mol. The summed E-state index contributed by atoms with van der Waals surface area (Å²) >= 11 is 0. The smallest absolute Gasteiger partial charge is 0.353 e. The number of hydrogen-bond donors (Lipinski definition) is 1. The monoisotopic (exact) mass is 580 g/mol. The summed E-state index contributed by atoms with van der Waals surface area (Å²) in [7, 11) is 0. The van der Waals surface area contributed by atoms with Crippen molar-refractivity contribution in [1.82, 2.24) is 0 Å². The zero-order chi connectivity index (χ0) is 30.0. The van der Waals surface area contributed by atoms with E-state index in [1.165, 1.54) is 19.1 Å². The van der Waals surface area contributed by atoms with E-state index in [1.807, 2.05) is 0 Å². The molecule has 4 saturated carbocycles. The first kappa shape index (κ1) is 30.3. The Labute approximate surface area is 240 Å². The van der Waals surface area contributed by atoms with Crippen molar-refractivity contribution in [3.8, 4) is 0 Å². The lowest BCUT2D eigenvalue weighted by molar-refractivity contribution is -0.240. The molecule has 0 radical (unpaired) electrons. The quantitative estimate of drug-likeness (QED) is 0.393. The molecule has 0 bridgehead atoms. The highest BCUT2D eigenvalue weighted by molar-refractivity contribution is 6.01. The maximum Gasteiger partial charge on any atom is 0.353 e. The van der Waals surface area contributed by atoms with E-state index in [0.717, 1.165) is 38.2 Å². The van der Waals surface area contributed by atoms with Crippen LogP contribution in [0.3, 0.4) is 0 Å². The van der Waals surface area contributed by atoms with Crippen molar-refractivity contribution >= 4 is 17.7 Å². The summed E-state index contributed by atoms with van der Waals surface area (Å²) in [5.74, 6) is -3.79. The highest BCUT2D eigenvalue weighted by Crippen LogP contribution is 2.71. The van der Waals surface area contributed by atoms with Gasteiger partial charge in [0.15, 0.2) is 11.5 Å². The summed E-state index contributed by atoms with van der Waals surface area (Å²) in [5, 5.41) is 11.6. The zero-order valence-corrected chi connectivity index (χ0v) is 24.5. The molecular formula is C32H43F3O6. The van der Waals surface area contributed by atoms with Gasteiger partial charge in [-0.25, -0.2) is 18.0 Å². The second kappa shape index (κ2) is 10.5. The molecular weight excluding hydrogens is 537 g/mol. The third-order valence-corrected chi connectivity index (χ3v) is 11.9. The van der Waals surface area contributed by atoms with E-state index in [2.05, 4.69) is 6.92 Å². The summed E-state index contributed by atoms with van der Waals surface area (Å²) < 4.78 is 57.7. The van der Waals surface area contributed by atoms with E-state index in [9.17, 15) is 23.9 Å². The van der Waals surface area contributed by atoms with Gasteiger partial charge < -0.3 is 14.6 Å². The molecule has 0 amide bonds. The van der Waals surface area contributed by atoms with Crippen molar-refractivity contribution in [3.05, 3.63) is 23.8 Å². The van der Waals surface area contributed by atoms with Crippen molar-refractivity contribution < 1.29 is 42.1 Å². The normalized spacial score (nSPS) is 47.1. The summed E-state index contributed by atoms with van der Waals surface area (Å²) in [6, 6.07) is 0. The van der Waals surface area contributed by atoms with Gasteiger partial charge in [0, 0.05) is 29.1 Å². The molecule has 5 aliphatic carbocycles. The molecule has 9 atom stereocenters. The number of halogens is 3. The van der Waals surface area contributed by atoms with Crippen LogP contribution in [0.25, 0.3) is 0 Å². The van der Waals surface area contributed by atoms with Gasteiger partial charge in [-0.15, -0.1) is 0 Å². The third-order valence-electron chi connectivity index (χ3n) is 11.9. The number of carbonyl (C=O) groups is 3. The van der Waals surface area contributed by atoms with Crippen molar-refractivity contribution in [1.29, 1.82) is 0 Å². The standard InChI is InChI=1S/C32H43F3O6/c1-5-19-6-8-20(9-7-19)13-27(38)41-32(28(39)40-17-33)18(2)12-22-23-15-25(34)24-14-21(36)10-11-29(24,3)31(23,35)26(37)16-30(22,32)4/h10-11,14,18-20,22-23,25-26,37H,5-9,12-13,15-17H2,1-4H3/t18-,19-,20+,22+,23+,25+,26+,29+,30+,31+,32+/m1/s1. The van der Waals surface area contributed by atoms with Crippen molar-refractivity contribution in [2.75, 3.05) is 6.86 Å². The van der Waals surface area contributed by atoms with Crippen LogP contribution in [0.15, 0.2) is 23.8 Å². The van der Waals surface area contributed by atoms with E-state index in [0.29, 0.717) is 5.92 Å². The fraction of sp³-hybridized carbons (Fsp3) is 0.781. The molecule has 9 heteroatoms. The SMILES string of the molecule is CC[C@H]1CC[C@@H](CC(=O)O[C@]2(C(=O)OCF)[C@H](C)C[C@H]3[C@@H]4C[C@H](F)C5=CC(=O)C=C[C@]5(C)[C@@]4(F)[C@@H](O)C[C@@]32C)CC1. The Bertz CT molecular complexity index is 1150. The van der Waals surface area contributed by atoms with E-state index < -0.39 is 76.7 Å². The van der Waals surface area contributed by atoms with Crippen LogP contribution in [0, 0.1) is 40.4 Å². The predicted molar refractivity (Wildman–Crippen MR) is 144 cm³/mol. The minimum atomic E-state index is -2.34. The fourth-order valence-electron chi connectivity index (χ4n) is 9.68. The van der Waals surface area contributed by atoms with Crippen LogP contribution in [0.4, 0.5) is 13.2 Å². The lowest BCUT2D eigenvalue weighted by Gasteiger charge is -2.63. The van der Waals surface area contributed by atoms with E-state index in [-0.39, 0.29) is 37.2 Å². The first-order valence-electron chi connectivity index (χ1n) is 15.2. The highest BCUT2D eigenvalue weighted by Gasteiger charge is 2.78. The molecule has 4 fully saturated rings. The highest BCUT2D eigenvalue weighted by atomic mass is 19.1. The van der Waals surface area contributed by atoms with Crippen LogP contribution in [0.1, 0.15) is 85.5 Å². The van der Waals surface area contributed by atoms with Gasteiger partial charge >= 0.3 is 11.9 Å². The largest absolute Gasteiger partial charge is 0.446 e. The average Bonchev–Trinajstić information content (AvgIpc) is 3.14. The summed E-state index contributed by atoms with van der Waals surface area (Å²) in [6.07, 6.45) is 4.95. The fourth-order valence-corrected chi connectivity index (χ4v) is 9.68. The number of ketones is 1. The van der Waals surface area contributed by atoms with Crippen LogP contribution in [0.5, 0.6) is 0 Å². The number of carbonyl (C=O) groups excluding carboxylic acids is 3. The molecule has 5 aliphatic rings. The molecule has 6 nitrogen and oxygen atoms in total. The third kappa shape index (κ3) is 4.26. The van der Waals surface area contributed by atoms with Gasteiger partial charge in [0.2, 0.25) is 12.5 Å². The molecule has 41 heavy (non-hydrogen) atoms. The molecule has 5 rings (SSSR count). The number of esters is 2. The molecule has 0 aromatic heterocycles. The van der Waals surface area contributed by atoms with Gasteiger partial charge in [0.1, 0.15) is 6.17 Å². The molecule has 0 aromatic carbocycles. The molecule has 0 spiro atoms. The maximum absolute atomic E-state index is 17.5. The van der Waals surface area contributed by atoms with Gasteiger partial charge in [-0.1, -0.05) is 46.1 Å². The first-order valence-corrected chi connectivity index (χ1v) is 15.2. The van der Waals surface area contributed by atoms with E-state index in [1.54, 1.807) is 13.8 Å². The predicted octanol–water partition coefficient (Wildman–Crippen LogP) is 5.91. The number of fused-ring (bicyclic) bond motifs is 5. The van der Waals surface area contributed by atoms with Gasteiger partial charge in [-0.05, 0) is 74.5 Å². The number of aliphatic hydroxyl groups is 1. The molecule has 0 aromatic rings. The summed E-state index contributed by atoms with van der Waals surface area (Å²) in [6.45, 7) is 5.58. The number of allylic oxidation sites excluding steroid dienone is 4. The first-order chi connectivity index (χ1) is 19.3. The second-order valence-electron chi connectivity index (χ2n) is 13.7. The van der Waals surface area contributed by atoms with Crippen LogP contribution in [0.2, 0.25) is 0 Å². The summed E-state index contributed by atoms with van der Waals surface area (Å²) in [5.41, 5.74) is -7.23. The minimum absolute atomic E-state index is 0.00442. The molecule has 0 heterocycles. The molecule has 0 unspecified atom stereocenters. The topological polar surface area (TPSA) is 89.9 Å².